The number of thiazole rings is 1. The van der Waals surface area contributed by atoms with Crippen molar-refractivity contribution in [3.63, 3.8) is 0 Å². The molecule has 114 valence electrons. The van der Waals surface area contributed by atoms with Crippen molar-refractivity contribution in [2.75, 3.05) is 7.11 Å². The lowest BCUT2D eigenvalue weighted by atomic mass is 10.2. The van der Waals surface area contributed by atoms with Crippen molar-refractivity contribution >= 4 is 33.0 Å². The number of aromatic nitrogens is 1. The lowest BCUT2D eigenvalue weighted by Crippen LogP contribution is -2.24. The zero-order valence-electron chi connectivity index (χ0n) is 11.0. The Morgan fingerprint density at radius 2 is 2.24 bits per heavy atom. The molecule has 21 heavy (non-hydrogen) atoms. The van der Waals surface area contributed by atoms with Gasteiger partial charge in [-0.2, -0.15) is 0 Å². The highest BCUT2D eigenvalue weighted by molar-refractivity contribution is 7.89. The number of nitrogens with one attached hydrogen (secondary N) is 1. The predicted octanol–water partition coefficient (Wildman–Crippen LogP) is 1.78. The van der Waals surface area contributed by atoms with Crippen molar-refractivity contribution in [3.05, 3.63) is 39.3 Å². The summed E-state index contributed by atoms with van der Waals surface area (Å²) in [6.07, 6.45) is 1.60. The van der Waals surface area contributed by atoms with E-state index >= 15 is 0 Å². The monoisotopic (exact) mass is 348 g/mol. The number of aliphatic hydroxyl groups excluding tert-OH is 1. The second-order valence-electron chi connectivity index (χ2n) is 4.00. The van der Waals surface area contributed by atoms with Crippen LogP contribution in [0.2, 0.25) is 5.02 Å². The minimum Gasteiger partial charge on any atom is -0.495 e. The van der Waals surface area contributed by atoms with Crippen LogP contribution in [-0.4, -0.2) is 25.6 Å². The van der Waals surface area contributed by atoms with Gasteiger partial charge in [0.25, 0.3) is 0 Å². The van der Waals surface area contributed by atoms with Crippen LogP contribution in [0.1, 0.15) is 10.6 Å². The second kappa shape index (κ2) is 6.71. The Bertz CT molecular complexity index is 717. The third-order valence-corrected chi connectivity index (χ3v) is 5.06. The van der Waals surface area contributed by atoms with E-state index in [1.165, 1.54) is 30.6 Å². The van der Waals surface area contributed by atoms with E-state index < -0.39 is 10.0 Å². The molecule has 2 aromatic rings. The Morgan fingerprint density at radius 3 is 2.81 bits per heavy atom. The topological polar surface area (TPSA) is 88.5 Å². The minimum atomic E-state index is -3.84. The van der Waals surface area contributed by atoms with Gasteiger partial charge in [0, 0.05) is 22.2 Å². The molecule has 0 saturated heterocycles. The number of nitrogens with zero attached hydrogens (tertiary/aromatic N) is 1. The normalized spacial score (nSPS) is 11.6. The van der Waals surface area contributed by atoms with E-state index in [-0.39, 0.29) is 28.8 Å². The standard InChI is InChI=1S/C12H13ClN2O4S2/c1-19-12-8(7-16)4-9(13)5-10(12)21(17,18)15-6-11-14-2-3-20-11/h2-5,15-16H,6-7H2,1H3. The van der Waals surface area contributed by atoms with Gasteiger partial charge in [0.2, 0.25) is 10.0 Å². The Hall–Kier alpha value is -1.19. The first kappa shape index (κ1) is 16.2. The number of methoxy groups -OCH3 is 1. The Kier molecular flexibility index (Phi) is 5.17. The molecule has 2 N–H and O–H groups in total. The van der Waals surface area contributed by atoms with Gasteiger partial charge in [-0.15, -0.1) is 11.3 Å². The zero-order valence-corrected chi connectivity index (χ0v) is 13.4. The maximum absolute atomic E-state index is 12.4. The van der Waals surface area contributed by atoms with Crippen LogP contribution in [0, 0.1) is 0 Å². The van der Waals surface area contributed by atoms with E-state index in [2.05, 4.69) is 9.71 Å². The smallest absolute Gasteiger partial charge is 0.244 e. The molecule has 2 rings (SSSR count). The maximum Gasteiger partial charge on any atom is 0.244 e. The fourth-order valence-electron chi connectivity index (χ4n) is 1.75. The van der Waals surface area contributed by atoms with E-state index in [1.54, 1.807) is 11.6 Å². The first-order chi connectivity index (χ1) is 9.97. The minimum absolute atomic E-state index is 0.0735. The molecular formula is C12H13ClN2O4S2. The average Bonchev–Trinajstić information content (AvgIpc) is 2.97. The van der Waals surface area contributed by atoms with Crippen molar-refractivity contribution in [1.29, 1.82) is 0 Å². The van der Waals surface area contributed by atoms with Crippen LogP contribution >= 0.6 is 22.9 Å². The average molecular weight is 349 g/mol. The fourth-order valence-corrected chi connectivity index (χ4v) is 3.92. The number of hydrogen-bond donors (Lipinski definition) is 2. The molecule has 0 atom stereocenters. The molecule has 0 aliphatic heterocycles. The molecule has 1 heterocycles. The molecule has 9 heteroatoms. The summed E-state index contributed by atoms with van der Waals surface area (Å²) in [6, 6.07) is 2.74. The van der Waals surface area contributed by atoms with Gasteiger partial charge in [-0.3, -0.25) is 0 Å². The number of ether oxygens (including phenoxy) is 1. The molecule has 0 saturated carbocycles. The van der Waals surface area contributed by atoms with E-state index in [0.717, 1.165) is 0 Å². The third-order valence-electron chi connectivity index (χ3n) is 2.66. The predicted molar refractivity (Wildman–Crippen MR) is 80.1 cm³/mol. The summed E-state index contributed by atoms with van der Waals surface area (Å²) in [7, 11) is -2.50. The van der Waals surface area contributed by atoms with E-state index in [9.17, 15) is 13.5 Å². The number of benzene rings is 1. The van der Waals surface area contributed by atoms with Gasteiger partial charge < -0.3 is 9.84 Å². The maximum atomic E-state index is 12.4. The molecule has 0 unspecified atom stereocenters. The number of hydrogen-bond acceptors (Lipinski definition) is 6. The van der Waals surface area contributed by atoms with Crippen LogP contribution in [0.3, 0.4) is 0 Å². The van der Waals surface area contributed by atoms with Gasteiger partial charge in [-0.25, -0.2) is 18.1 Å². The molecule has 0 bridgehead atoms. The molecule has 0 spiro atoms. The van der Waals surface area contributed by atoms with Crippen LogP contribution in [0.4, 0.5) is 0 Å². The summed E-state index contributed by atoms with van der Waals surface area (Å²) in [6.45, 7) is -0.303. The van der Waals surface area contributed by atoms with Crippen molar-refractivity contribution in [3.8, 4) is 5.75 Å². The van der Waals surface area contributed by atoms with Crippen LogP contribution in [0.25, 0.3) is 0 Å². The summed E-state index contributed by atoms with van der Waals surface area (Å²) in [4.78, 5) is 3.89. The molecule has 0 aliphatic carbocycles. The third kappa shape index (κ3) is 3.72. The molecule has 1 aromatic heterocycles. The summed E-state index contributed by atoms with van der Waals surface area (Å²) in [5.74, 6) is 0.0774. The molecule has 0 radical (unpaired) electrons. The summed E-state index contributed by atoms with van der Waals surface area (Å²) in [5.41, 5.74) is 0.305. The molecule has 1 aromatic carbocycles. The molecule has 0 fully saturated rings. The van der Waals surface area contributed by atoms with Crippen LogP contribution in [-0.2, 0) is 23.2 Å². The van der Waals surface area contributed by atoms with Gasteiger partial charge in [0.05, 0.1) is 20.3 Å². The van der Waals surface area contributed by atoms with Crippen molar-refractivity contribution in [2.24, 2.45) is 0 Å². The van der Waals surface area contributed by atoms with Gasteiger partial charge in [-0.05, 0) is 12.1 Å². The van der Waals surface area contributed by atoms with Crippen LogP contribution in [0.5, 0.6) is 5.75 Å². The SMILES string of the molecule is COc1c(CO)cc(Cl)cc1S(=O)(=O)NCc1nccs1. The Labute approximate surface area is 131 Å². The summed E-state index contributed by atoms with van der Waals surface area (Å²) < 4.78 is 32.3. The van der Waals surface area contributed by atoms with Crippen molar-refractivity contribution < 1.29 is 18.3 Å². The van der Waals surface area contributed by atoms with E-state index in [0.29, 0.717) is 10.6 Å². The van der Waals surface area contributed by atoms with Gasteiger partial charge in [0.1, 0.15) is 15.7 Å². The highest BCUT2D eigenvalue weighted by Gasteiger charge is 2.23. The highest BCUT2D eigenvalue weighted by atomic mass is 35.5. The summed E-state index contributed by atoms with van der Waals surface area (Å²) >= 11 is 7.24. The van der Waals surface area contributed by atoms with E-state index in [1.807, 2.05) is 0 Å². The van der Waals surface area contributed by atoms with Crippen molar-refractivity contribution in [2.45, 2.75) is 18.0 Å². The molecule has 6 nitrogen and oxygen atoms in total. The van der Waals surface area contributed by atoms with Gasteiger partial charge in [-0.1, -0.05) is 11.6 Å². The molecule has 0 amide bonds. The summed E-state index contributed by atoms with van der Waals surface area (Å²) in [5, 5.41) is 11.9. The van der Waals surface area contributed by atoms with Gasteiger partial charge in [0.15, 0.2) is 0 Å². The lowest BCUT2D eigenvalue weighted by Gasteiger charge is -2.13. The van der Waals surface area contributed by atoms with Crippen LogP contribution in [0.15, 0.2) is 28.6 Å². The fraction of sp³-hybridized carbons (Fsp3) is 0.250. The molecule has 0 aliphatic rings. The second-order valence-corrected chi connectivity index (χ2v) is 7.16. The quantitative estimate of drug-likeness (QED) is 0.830. The number of halogens is 1. The Balaban J connectivity index is 2.36. The van der Waals surface area contributed by atoms with E-state index in [4.69, 9.17) is 16.3 Å². The number of rotatable bonds is 6. The first-order valence-corrected chi connectivity index (χ1v) is 8.57. The molecular weight excluding hydrogens is 336 g/mol. The van der Waals surface area contributed by atoms with Gasteiger partial charge >= 0.3 is 0 Å². The number of sulfonamides is 1. The largest absolute Gasteiger partial charge is 0.495 e. The number of aliphatic hydroxyl groups is 1. The lowest BCUT2D eigenvalue weighted by molar-refractivity contribution is 0.272. The first-order valence-electron chi connectivity index (χ1n) is 5.83. The van der Waals surface area contributed by atoms with Crippen LogP contribution < -0.4 is 9.46 Å². The highest BCUT2D eigenvalue weighted by Crippen LogP contribution is 2.31. The zero-order chi connectivity index (χ0) is 15.5. The Morgan fingerprint density at radius 1 is 1.48 bits per heavy atom. The van der Waals surface area contributed by atoms with Crippen molar-refractivity contribution in [1.82, 2.24) is 9.71 Å².